The summed E-state index contributed by atoms with van der Waals surface area (Å²) in [7, 11) is 0. The van der Waals surface area contributed by atoms with Crippen molar-refractivity contribution in [2.45, 2.75) is 44.7 Å². The molecule has 2 rings (SSSR count). The van der Waals surface area contributed by atoms with E-state index in [1.165, 1.54) is 0 Å². The van der Waals surface area contributed by atoms with E-state index in [9.17, 15) is 24.2 Å². The maximum absolute atomic E-state index is 14.3. The highest BCUT2D eigenvalue weighted by Gasteiger charge is 2.45. The number of aliphatic carboxylic acids is 1. The summed E-state index contributed by atoms with van der Waals surface area (Å²) in [6, 6.07) is 6.69. The van der Waals surface area contributed by atoms with Crippen LogP contribution in [-0.2, 0) is 16.0 Å². The van der Waals surface area contributed by atoms with Crippen LogP contribution < -0.4 is 0 Å². The zero-order valence-corrected chi connectivity index (χ0v) is 12.9. The van der Waals surface area contributed by atoms with E-state index >= 15 is 0 Å². The molecule has 23 heavy (non-hydrogen) atoms. The molecule has 0 saturated heterocycles. The molecule has 124 valence electrons. The number of rotatable bonds is 7. The highest BCUT2D eigenvalue weighted by atomic mass is 19.1. The van der Waals surface area contributed by atoms with E-state index in [-0.39, 0.29) is 12.8 Å². The molecule has 0 radical (unpaired) electrons. The van der Waals surface area contributed by atoms with Gasteiger partial charge >= 0.3 is 5.97 Å². The molecule has 1 aromatic rings. The Bertz CT molecular complexity index is 614. The standard InChI is InChI=1S/C17H20FNO4/c1-2-3-9-12(17(22)23)19-13(14(18)15(20)16(19)21)10-11-7-5-4-6-8-11/h4-8,12-13,20H,2-3,9-10H2,1H3,(H,22,23). The van der Waals surface area contributed by atoms with Gasteiger partial charge in [0.1, 0.15) is 6.04 Å². The molecule has 2 unspecified atom stereocenters. The highest BCUT2D eigenvalue weighted by Crippen LogP contribution is 2.31. The number of carboxylic acid groups (broad SMARTS) is 1. The zero-order chi connectivity index (χ0) is 17.0. The Labute approximate surface area is 134 Å². The molecule has 5 nitrogen and oxygen atoms in total. The van der Waals surface area contributed by atoms with Crippen molar-refractivity contribution in [3.63, 3.8) is 0 Å². The molecule has 0 spiro atoms. The number of benzene rings is 1. The van der Waals surface area contributed by atoms with Crippen LogP contribution in [0.5, 0.6) is 0 Å². The van der Waals surface area contributed by atoms with Gasteiger partial charge in [-0.1, -0.05) is 50.1 Å². The largest absolute Gasteiger partial charge is 0.501 e. The Morgan fingerprint density at radius 3 is 2.57 bits per heavy atom. The summed E-state index contributed by atoms with van der Waals surface area (Å²) >= 11 is 0. The second-order valence-electron chi connectivity index (χ2n) is 5.61. The molecule has 6 heteroatoms. The number of halogens is 1. The molecule has 1 amide bonds. The monoisotopic (exact) mass is 321 g/mol. The lowest BCUT2D eigenvalue weighted by atomic mass is 10.0. The highest BCUT2D eigenvalue weighted by molar-refractivity contribution is 5.97. The second-order valence-corrected chi connectivity index (χ2v) is 5.61. The summed E-state index contributed by atoms with van der Waals surface area (Å²) in [5.74, 6) is -4.07. The van der Waals surface area contributed by atoms with Crippen LogP contribution in [0.2, 0.25) is 0 Å². The Hall–Kier alpha value is -2.37. The maximum Gasteiger partial charge on any atom is 0.326 e. The SMILES string of the molecule is CCCCC(C(=O)O)N1C(=O)C(O)=C(F)C1Cc1ccccc1. The Morgan fingerprint density at radius 2 is 2.00 bits per heavy atom. The van der Waals surface area contributed by atoms with Gasteiger partial charge in [-0.05, 0) is 18.4 Å². The summed E-state index contributed by atoms with van der Waals surface area (Å²) < 4.78 is 14.3. The molecule has 0 saturated carbocycles. The minimum absolute atomic E-state index is 0.123. The summed E-state index contributed by atoms with van der Waals surface area (Å²) in [5.41, 5.74) is 0.764. The molecule has 0 aromatic heterocycles. The van der Waals surface area contributed by atoms with Crippen LogP contribution in [0.4, 0.5) is 4.39 Å². The Morgan fingerprint density at radius 1 is 1.35 bits per heavy atom. The predicted molar refractivity (Wildman–Crippen MR) is 82.5 cm³/mol. The van der Waals surface area contributed by atoms with Crippen LogP contribution in [0, 0.1) is 0 Å². The van der Waals surface area contributed by atoms with E-state index in [4.69, 9.17) is 0 Å². The lowest BCUT2D eigenvalue weighted by Gasteiger charge is -2.30. The number of aliphatic hydroxyl groups is 1. The maximum atomic E-state index is 14.3. The number of amides is 1. The van der Waals surface area contributed by atoms with Gasteiger partial charge in [0.2, 0.25) is 5.76 Å². The fourth-order valence-corrected chi connectivity index (χ4v) is 2.81. The molecule has 0 aliphatic carbocycles. The zero-order valence-electron chi connectivity index (χ0n) is 12.9. The van der Waals surface area contributed by atoms with E-state index in [0.717, 1.165) is 16.9 Å². The minimum atomic E-state index is -1.19. The molecule has 1 aromatic carbocycles. The van der Waals surface area contributed by atoms with E-state index in [1.807, 2.05) is 13.0 Å². The second kappa shape index (κ2) is 7.26. The van der Waals surface area contributed by atoms with E-state index in [0.29, 0.717) is 6.42 Å². The number of unbranched alkanes of at least 4 members (excludes halogenated alkanes) is 1. The van der Waals surface area contributed by atoms with Crippen molar-refractivity contribution >= 4 is 11.9 Å². The van der Waals surface area contributed by atoms with Crippen molar-refractivity contribution in [2.24, 2.45) is 0 Å². The number of hydrogen-bond acceptors (Lipinski definition) is 3. The molecule has 0 fully saturated rings. The normalized spacial score (nSPS) is 19.3. The Kier molecular flexibility index (Phi) is 5.36. The Balaban J connectivity index is 2.30. The first-order chi connectivity index (χ1) is 11.0. The van der Waals surface area contributed by atoms with Crippen molar-refractivity contribution < 1.29 is 24.2 Å². The topological polar surface area (TPSA) is 77.8 Å². The van der Waals surface area contributed by atoms with Gasteiger partial charge in [-0.2, -0.15) is 0 Å². The minimum Gasteiger partial charge on any atom is -0.501 e. The molecular weight excluding hydrogens is 301 g/mol. The van der Waals surface area contributed by atoms with Crippen LogP contribution >= 0.6 is 0 Å². The van der Waals surface area contributed by atoms with Gasteiger partial charge in [-0.3, -0.25) is 4.79 Å². The van der Waals surface area contributed by atoms with Crippen molar-refractivity contribution in [1.29, 1.82) is 0 Å². The third-order valence-electron chi connectivity index (χ3n) is 4.02. The van der Waals surface area contributed by atoms with Crippen LogP contribution in [0.15, 0.2) is 41.9 Å². The number of carbonyl (C=O) groups excluding carboxylic acids is 1. The number of aliphatic hydroxyl groups excluding tert-OH is 1. The summed E-state index contributed by atoms with van der Waals surface area (Å²) in [6.07, 6.45) is 1.71. The van der Waals surface area contributed by atoms with Gasteiger partial charge in [0.15, 0.2) is 5.83 Å². The first-order valence-electron chi connectivity index (χ1n) is 7.65. The summed E-state index contributed by atoms with van der Waals surface area (Å²) in [5, 5.41) is 19.1. The van der Waals surface area contributed by atoms with Gasteiger partial charge in [0.25, 0.3) is 5.91 Å². The first-order valence-corrected chi connectivity index (χ1v) is 7.65. The van der Waals surface area contributed by atoms with Crippen molar-refractivity contribution in [3.8, 4) is 0 Å². The molecular formula is C17H20FNO4. The average Bonchev–Trinajstić information content (AvgIpc) is 2.74. The smallest absolute Gasteiger partial charge is 0.326 e. The summed E-state index contributed by atoms with van der Waals surface area (Å²) in [6.45, 7) is 1.91. The quantitative estimate of drug-likeness (QED) is 0.809. The number of hydrogen-bond donors (Lipinski definition) is 2. The molecule has 1 aliphatic heterocycles. The van der Waals surface area contributed by atoms with Gasteiger partial charge in [-0.15, -0.1) is 0 Å². The number of carbonyl (C=O) groups is 2. The van der Waals surface area contributed by atoms with Crippen LogP contribution in [-0.4, -0.2) is 39.1 Å². The van der Waals surface area contributed by atoms with Crippen molar-refractivity contribution in [1.82, 2.24) is 4.90 Å². The third-order valence-corrected chi connectivity index (χ3v) is 4.02. The molecule has 2 atom stereocenters. The van der Waals surface area contributed by atoms with Crippen LogP contribution in [0.3, 0.4) is 0 Å². The average molecular weight is 321 g/mol. The van der Waals surface area contributed by atoms with Gasteiger partial charge in [-0.25, -0.2) is 9.18 Å². The van der Waals surface area contributed by atoms with Gasteiger partial charge in [0.05, 0.1) is 6.04 Å². The third kappa shape index (κ3) is 3.52. The lowest BCUT2D eigenvalue weighted by Crippen LogP contribution is -2.48. The van der Waals surface area contributed by atoms with E-state index in [2.05, 4.69) is 0 Å². The van der Waals surface area contributed by atoms with Gasteiger partial charge < -0.3 is 15.1 Å². The van der Waals surface area contributed by atoms with Crippen LogP contribution in [0.1, 0.15) is 31.7 Å². The first kappa shape index (κ1) is 17.0. The van der Waals surface area contributed by atoms with Gasteiger partial charge in [0, 0.05) is 0 Å². The van der Waals surface area contributed by atoms with Crippen molar-refractivity contribution in [3.05, 3.63) is 47.5 Å². The van der Waals surface area contributed by atoms with Crippen molar-refractivity contribution in [2.75, 3.05) is 0 Å². The van der Waals surface area contributed by atoms with Crippen LogP contribution in [0.25, 0.3) is 0 Å². The molecule has 1 heterocycles. The van der Waals surface area contributed by atoms with E-state index in [1.54, 1.807) is 24.3 Å². The number of nitrogens with zero attached hydrogens (tertiary/aromatic N) is 1. The number of carboxylic acids is 1. The molecule has 1 aliphatic rings. The predicted octanol–water partition coefficient (Wildman–Crippen LogP) is 2.82. The fraction of sp³-hybridized carbons (Fsp3) is 0.412. The summed E-state index contributed by atoms with van der Waals surface area (Å²) in [4.78, 5) is 24.6. The van der Waals surface area contributed by atoms with E-state index < -0.39 is 35.5 Å². The molecule has 2 N–H and O–H groups in total. The molecule has 0 bridgehead atoms. The lowest BCUT2D eigenvalue weighted by molar-refractivity contribution is -0.150. The fourth-order valence-electron chi connectivity index (χ4n) is 2.81.